The van der Waals surface area contributed by atoms with Gasteiger partial charge in [0, 0.05) is 49.4 Å². The third kappa shape index (κ3) is 4.69. The predicted molar refractivity (Wildman–Crippen MR) is 86.0 cm³/mol. The smallest absolute Gasteiger partial charge is 0.251 e. The second-order valence-corrected chi connectivity index (χ2v) is 4.67. The van der Waals surface area contributed by atoms with Crippen molar-refractivity contribution in [3.05, 3.63) is 41.9 Å². The Morgan fingerprint density at radius 2 is 1.91 bits per heavy atom. The Kier molecular flexibility index (Phi) is 5.65. The van der Waals surface area contributed by atoms with Crippen molar-refractivity contribution in [2.24, 2.45) is 0 Å². The molecule has 2 heterocycles. The van der Waals surface area contributed by atoms with E-state index < -0.39 is 0 Å². The highest BCUT2D eigenvalue weighted by Gasteiger charge is 2.04. The van der Waals surface area contributed by atoms with Gasteiger partial charge in [-0.05, 0) is 26.0 Å². The minimum atomic E-state index is -0.114. The third-order valence-corrected chi connectivity index (χ3v) is 2.85. The van der Waals surface area contributed by atoms with Gasteiger partial charge in [0.2, 0.25) is 5.95 Å². The van der Waals surface area contributed by atoms with Crippen LogP contribution in [0.15, 0.2) is 30.6 Å². The number of nitrogens with one attached hydrogen (secondary N) is 3. The Hall–Kier alpha value is -2.70. The summed E-state index contributed by atoms with van der Waals surface area (Å²) in [7, 11) is 0. The van der Waals surface area contributed by atoms with E-state index in [0.29, 0.717) is 24.6 Å². The molecular formula is C15H20N6O. The van der Waals surface area contributed by atoms with Gasteiger partial charge in [0.25, 0.3) is 5.91 Å². The number of carbonyl (C=O) groups is 1. The monoisotopic (exact) mass is 300 g/mol. The maximum Gasteiger partial charge on any atom is 0.251 e. The van der Waals surface area contributed by atoms with Gasteiger partial charge < -0.3 is 16.0 Å². The van der Waals surface area contributed by atoms with Gasteiger partial charge in [0.05, 0.1) is 0 Å². The van der Waals surface area contributed by atoms with Gasteiger partial charge in [-0.15, -0.1) is 0 Å². The number of aryl methyl sites for hydroxylation is 1. The molecule has 0 aliphatic rings. The Morgan fingerprint density at radius 1 is 1.14 bits per heavy atom. The number of carbonyl (C=O) groups excluding carboxylic acids is 1. The summed E-state index contributed by atoms with van der Waals surface area (Å²) >= 11 is 0. The molecule has 0 saturated heterocycles. The average molecular weight is 300 g/mol. The topological polar surface area (TPSA) is 91.8 Å². The standard InChI is InChI=1S/C15H20N6O/c1-3-17-15-20-11(2)10-13(21-15)18-8-9-19-14(22)12-4-6-16-7-5-12/h4-7,10H,3,8-9H2,1-2H3,(H,19,22)(H2,17,18,20,21). The van der Waals surface area contributed by atoms with Gasteiger partial charge >= 0.3 is 0 Å². The normalized spacial score (nSPS) is 10.1. The minimum absolute atomic E-state index is 0.114. The zero-order valence-electron chi connectivity index (χ0n) is 12.8. The average Bonchev–Trinajstić information content (AvgIpc) is 2.52. The summed E-state index contributed by atoms with van der Waals surface area (Å²) in [6.07, 6.45) is 3.19. The Bertz CT molecular complexity index is 617. The maximum atomic E-state index is 11.8. The molecule has 3 N–H and O–H groups in total. The quantitative estimate of drug-likeness (QED) is 0.670. The van der Waals surface area contributed by atoms with Crippen molar-refractivity contribution in [1.29, 1.82) is 0 Å². The highest BCUT2D eigenvalue weighted by molar-refractivity contribution is 5.93. The molecule has 0 aliphatic carbocycles. The lowest BCUT2D eigenvalue weighted by molar-refractivity contribution is 0.0955. The van der Waals surface area contributed by atoms with E-state index >= 15 is 0 Å². The lowest BCUT2D eigenvalue weighted by Gasteiger charge is -2.09. The second-order valence-electron chi connectivity index (χ2n) is 4.67. The van der Waals surface area contributed by atoms with Crippen LogP contribution in [-0.4, -0.2) is 40.5 Å². The Labute approximate surface area is 129 Å². The van der Waals surface area contributed by atoms with Crippen LogP contribution in [0.5, 0.6) is 0 Å². The van der Waals surface area contributed by atoms with Gasteiger partial charge in [0.1, 0.15) is 5.82 Å². The number of hydrogen-bond donors (Lipinski definition) is 3. The fourth-order valence-corrected chi connectivity index (χ4v) is 1.87. The van der Waals surface area contributed by atoms with E-state index in [1.807, 2.05) is 19.9 Å². The summed E-state index contributed by atoms with van der Waals surface area (Å²) < 4.78 is 0. The van der Waals surface area contributed by atoms with E-state index in [1.54, 1.807) is 24.5 Å². The van der Waals surface area contributed by atoms with Crippen LogP contribution >= 0.6 is 0 Å². The van der Waals surface area contributed by atoms with Gasteiger partial charge in [-0.3, -0.25) is 9.78 Å². The first-order valence-electron chi connectivity index (χ1n) is 7.20. The molecule has 0 aliphatic heterocycles. The van der Waals surface area contributed by atoms with Crippen LogP contribution in [0.3, 0.4) is 0 Å². The molecule has 7 heteroatoms. The molecule has 2 aromatic rings. The van der Waals surface area contributed by atoms with Crippen molar-refractivity contribution in [2.45, 2.75) is 13.8 Å². The van der Waals surface area contributed by atoms with Gasteiger partial charge in [0.15, 0.2) is 0 Å². The summed E-state index contributed by atoms with van der Waals surface area (Å²) in [6, 6.07) is 5.23. The number of aromatic nitrogens is 3. The maximum absolute atomic E-state index is 11.8. The molecule has 116 valence electrons. The Balaban J connectivity index is 1.80. The molecule has 0 unspecified atom stereocenters. The molecule has 0 radical (unpaired) electrons. The predicted octanol–water partition coefficient (Wildman–Crippen LogP) is 1.45. The van der Waals surface area contributed by atoms with Crippen molar-refractivity contribution in [3.8, 4) is 0 Å². The van der Waals surface area contributed by atoms with Crippen LogP contribution in [0.25, 0.3) is 0 Å². The summed E-state index contributed by atoms with van der Waals surface area (Å²) in [5, 5.41) is 9.09. The first-order chi connectivity index (χ1) is 10.7. The van der Waals surface area contributed by atoms with Crippen LogP contribution in [0, 0.1) is 6.92 Å². The molecule has 0 saturated carbocycles. The summed E-state index contributed by atoms with van der Waals surface area (Å²) in [5.74, 6) is 1.23. The molecule has 0 bridgehead atoms. The molecule has 0 aromatic carbocycles. The van der Waals surface area contributed by atoms with Gasteiger partial charge in [-0.1, -0.05) is 0 Å². The largest absolute Gasteiger partial charge is 0.368 e. The minimum Gasteiger partial charge on any atom is -0.368 e. The molecule has 2 aromatic heterocycles. The van der Waals surface area contributed by atoms with E-state index in [0.717, 1.165) is 18.1 Å². The Morgan fingerprint density at radius 3 is 2.64 bits per heavy atom. The molecule has 0 spiro atoms. The van der Waals surface area contributed by atoms with Crippen LogP contribution < -0.4 is 16.0 Å². The third-order valence-electron chi connectivity index (χ3n) is 2.85. The molecule has 2 rings (SSSR count). The van der Waals surface area contributed by atoms with Gasteiger partial charge in [-0.2, -0.15) is 4.98 Å². The summed E-state index contributed by atoms with van der Waals surface area (Å²) in [4.78, 5) is 24.4. The van der Waals surface area contributed by atoms with Crippen LogP contribution in [0.2, 0.25) is 0 Å². The SMILES string of the molecule is CCNc1nc(C)cc(NCCNC(=O)c2ccncc2)n1. The highest BCUT2D eigenvalue weighted by atomic mass is 16.1. The highest BCUT2D eigenvalue weighted by Crippen LogP contribution is 2.08. The van der Waals surface area contributed by atoms with E-state index in [9.17, 15) is 4.79 Å². The molecule has 0 atom stereocenters. The number of amides is 1. The van der Waals surface area contributed by atoms with E-state index in [2.05, 4.69) is 30.9 Å². The van der Waals surface area contributed by atoms with E-state index in [1.165, 1.54) is 0 Å². The van der Waals surface area contributed by atoms with E-state index in [4.69, 9.17) is 0 Å². The fraction of sp³-hybridized carbons (Fsp3) is 0.333. The van der Waals surface area contributed by atoms with Gasteiger partial charge in [-0.25, -0.2) is 4.98 Å². The number of nitrogens with zero attached hydrogens (tertiary/aromatic N) is 3. The molecule has 0 fully saturated rings. The number of pyridine rings is 1. The molecule has 22 heavy (non-hydrogen) atoms. The lowest BCUT2D eigenvalue weighted by atomic mass is 10.2. The summed E-state index contributed by atoms with van der Waals surface area (Å²) in [5.41, 5.74) is 1.48. The summed E-state index contributed by atoms with van der Waals surface area (Å²) in [6.45, 7) is 5.76. The molecular weight excluding hydrogens is 280 g/mol. The van der Waals surface area contributed by atoms with Crippen molar-refractivity contribution in [2.75, 3.05) is 30.3 Å². The molecule has 7 nitrogen and oxygen atoms in total. The van der Waals surface area contributed by atoms with Crippen molar-refractivity contribution >= 4 is 17.7 Å². The van der Waals surface area contributed by atoms with Crippen molar-refractivity contribution in [3.63, 3.8) is 0 Å². The zero-order chi connectivity index (χ0) is 15.8. The van der Waals surface area contributed by atoms with Crippen molar-refractivity contribution < 1.29 is 4.79 Å². The molecule has 1 amide bonds. The number of rotatable bonds is 7. The van der Waals surface area contributed by atoms with E-state index in [-0.39, 0.29) is 5.91 Å². The van der Waals surface area contributed by atoms with Crippen LogP contribution in [0.1, 0.15) is 23.0 Å². The first kappa shape index (κ1) is 15.7. The fourth-order valence-electron chi connectivity index (χ4n) is 1.87. The van der Waals surface area contributed by atoms with Crippen molar-refractivity contribution in [1.82, 2.24) is 20.3 Å². The number of anilines is 2. The van der Waals surface area contributed by atoms with Crippen LogP contribution in [0.4, 0.5) is 11.8 Å². The second kappa shape index (κ2) is 7.92. The zero-order valence-corrected chi connectivity index (χ0v) is 12.8. The lowest BCUT2D eigenvalue weighted by Crippen LogP contribution is -2.28. The first-order valence-corrected chi connectivity index (χ1v) is 7.20. The van der Waals surface area contributed by atoms with Crippen LogP contribution in [-0.2, 0) is 0 Å². The number of hydrogen-bond acceptors (Lipinski definition) is 6.